The van der Waals surface area contributed by atoms with Gasteiger partial charge in [0.15, 0.2) is 0 Å². The van der Waals surface area contributed by atoms with Crippen molar-refractivity contribution in [3.05, 3.63) is 30.7 Å². The lowest BCUT2D eigenvalue weighted by Gasteiger charge is -2.22. The molecule has 0 radical (unpaired) electrons. The molecule has 1 atom stereocenters. The normalized spacial score (nSPS) is 21.1. The summed E-state index contributed by atoms with van der Waals surface area (Å²) >= 11 is 0. The molecule has 0 saturated carbocycles. The van der Waals surface area contributed by atoms with E-state index in [4.69, 9.17) is 0 Å². The molecule has 3 heterocycles. The molecule has 1 aliphatic heterocycles. The van der Waals surface area contributed by atoms with Crippen LogP contribution in [0.2, 0.25) is 0 Å². The summed E-state index contributed by atoms with van der Waals surface area (Å²) in [6, 6.07) is 4.59. The first-order chi connectivity index (χ1) is 7.93. The van der Waals surface area contributed by atoms with Crippen molar-refractivity contribution < 1.29 is 0 Å². The van der Waals surface area contributed by atoms with Gasteiger partial charge in [0.2, 0.25) is 0 Å². The molecule has 0 amide bonds. The Hall–Kier alpha value is -1.55. The molecule has 2 aromatic heterocycles. The third-order valence-corrected chi connectivity index (χ3v) is 3.16. The van der Waals surface area contributed by atoms with Gasteiger partial charge in [-0.15, -0.1) is 0 Å². The van der Waals surface area contributed by atoms with Crippen LogP contribution >= 0.6 is 0 Å². The van der Waals surface area contributed by atoms with Gasteiger partial charge >= 0.3 is 0 Å². The van der Waals surface area contributed by atoms with E-state index in [1.165, 1.54) is 12.8 Å². The first-order valence-electron chi connectivity index (χ1n) is 5.82. The number of hydrogen-bond donors (Lipinski definition) is 2. The lowest BCUT2D eigenvalue weighted by atomic mass is 10.1. The van der Waals surface area contributed by atoms with E-state index in [2.05, 4.69) is 32.3 Å². The van der Waals surface area contributed by atoms with Gasteiger partial charge in [0, 0.05) is 30.2 Å². The van der Waals surface area contributed by atoms with Gasteiger partial charge in [-0.25, -0.2) is 0 Å². The van der Waals surface area contributed by atoms with Crippen LogP contribution in [0.3, 0.4) is 0 Å². The molecule has 1 aliphatic rings. The van der Waals surface area contributed by atoms with Crippen LogP contribution in [0.15, 0.2) is 30.7 Å². The number of nitrogens with one attached hydrogen (secondary N) is 2. The molecule has 3 rings (SSSR count). The standard InChI is InChI=1S/C12H16N4/c1-3-11(8-13-5-1)16-9-10(7-15-16)12-4-2-6-14-12/h2,4,6-7,9,11,13-14H,1,3,5,8H2/t11-/m0/s1. The number of hydrogen-bond acceptors (Lipinski definition) is 2. The third kappa shape index (κ3) is 1.76. The predicted octanol–water partition coefficient (Wildman–Crippen LogP) is 1.80. The first kappa shape index (κ1) is 9.66. The Morgan fingerprint density at radius 2 is 2.44 bits per heavy atom. The molecular formula is C12H16N4. The van der Waals surface area contributed by atoms with Crippen LogP contribution in [0.4, 0.5) is 0 Å². The number of aromatic nitrogens is 3. The van der Waals surface area contributed by atoms with E-state index in [1.54, 1.807) is 0 Å². The van der Waals surface area contributed by atoms with Crippen molar-refractivity contribution in [3.63, 3.8) is 0 Å². The SMILES string of the molecule is c1c[nH]c(-c2cnn([C@H]3CCCNC3)c2)c1. The maximum atomic E-state index is 4.45. The summed E-state index contributed by atoms with van der Waals surface area (Å²) in [6.07, 6.45) is 8.46. The summed E-state index contributed by atoms with van der Waals surface area (Å²) in [6.45, 7) is 2.17. The van der Waals surface area contributed by atoms with Gasteiger partial charge in [-0.2, -0.15) is 5.10 Å². The third-order valence-electron chi connectivity index (χ3n) is 3.16. The molecule has 0 unspecified atom stereocenters. The number of H-pyrrole nitrogens is 1. The van der Waals surface area contributed by atoms with E-state index >= 15 is 0 Å². The second-order valence-corrected chi connectivity index (χ2v) is 4.29. The second-order valence-electron chi connectivity index (χ2n) is 4.29. The highest BCUT2D eigenvalue weighted by atomic mass is 15.3. The van der Waals surface area contributed by atoms with Crippen LogP contribution in [0.25, 0.3) is 11.3 Å². The number of piperidine rings is 1. The number of aromatic amines is 1. The van der Waals surface area contributed by atoms with E-state index in [1.807, 2.05) is 18.5 Å². The lowest BCUT2D eigenvalue weighted by molar-refractivity contribution is 0.347. The van der Waals surface area contributed by atoms with Gasteiger partial charge in [0.1, 0.15) is 0 Å². The zero-order chi connectivity index (χ0) is 10.8. The lowest BCUT2D eigenvalue weighted by Crippen LogP contribution is -2.31. The minimum atomic E-state index is 0.512. The second kappa shape index (κ2) is 4.14. The van der Waals surface area contributed by atoms with Crippen molar-refractivity contribution in [1.29, 1.82) is 0 Å². The zero-order valence-corrected chi connectivity index (χ0v) is 9.19. The van der Waals surface area contributed by atoms with Gasteiger partial charge in [0.25, 0.3) is 0 Å². The Morgan fingerprint density at radius 1 is 1.44 bits per heavy atom. The van der Waals surface area contributed by atoms with Crippen LogP contribution in [0.1, 0.15) is 18.9 Å². The molecular weight excluding hydrogens is 200 g/mol. The number of rotatable bonds is 2. The fourth-order valence-electron chi connectivity index (χ4n) is 2.25. The summed E-state index contributed by atoms with van der Waals surface area (Å²) in [5.41, 5.74) is 2.30. The van der Waals surface area contributed by atoms with Crippen LogP contribution < -0.4 is 5.32 Å². The Kier molecular flexibility index (Phi) is 2.50. The molecule has 4 heteroatoms. The molecule has 2 N–H and O–H groups in total. The van der Waals surface area contributed by atoms with Gasteiger partial charge in [-0.1, -0.05) is 0 Å². The Bertz CT molecular complexity index is 437. The van der Waals surface area contributed by atoms with E-state index in [9.17, 15) is 0 Å². The summed E-state index contributed by atoms with van der Waals surface area (Å²) in [7, 11) is 0. The summed E-state index contributed by atoms with van der Waals surface area (Å²) in [5.74, 6) is 0. The van der Waals surface area contributed by atoms with E-state index in [0.717, 1.165) is 24.3 Å². The van der Waals surface area contributed by atoms with Crippen LogP contribution in [0.5, 0.6) is 0 Å². The quantitative estimate of drug-likeness (QED) is 0.804. The maximum Gasteiger partial charge on any atom is 0.0644 e. The highest BCUT2D eigenvalue weighted by Gasteiger charge is 2.15. The van der Waals surface area contributed by atoms with Crippen molar-refractivity contribution in [1.82, 2.24) is 20.1 Å². The molecule has 2 aromatic rings. The van der Waals surface area contributed by atoms with Crippen LogP contribution in [-0.2, 0) is 0 Å². The minimum Gasteiger partial charge on any atom is -0.361 e. The van der Waals surface area contributed by atoms with E-state index < -0.39 is 0 Å². The van der Waals surface area contributed by atoms with Crippen molar-refractivity contribution >= 4 is 0 Å². The average molecular weight is 216 g/mol. The molecule has 1 fully saturated rings. The molecule has 84 valence electrons. The van der Waals surface area contributed by atoms with Crippen molar-refractivity contribution in [2.75, 3.05) is 13.1 Å². The predicted molar refractivity (Wildman–Crippen MR) is 63.2 cm³/mol. The maximum absolute atomic E-state index is 4.45. The average Bonchev–Trinajstić information content (AvgIpc) is 3.01. The monoisotopic (exact) mass is 216 g/mol. The van der Waals surface area contributed by atoms with E-state index in [0.29, 0.717) is 6.04 Å². The Balaban J connectivity index is 1.82. The first-order valence-corrected chi connectivity index (χ1v) is 5.82. The van der Waals surface area contributed by atoms with Gasteiger partial charge < -0.3 is 10.3 Å². The van der Waals surface area contributed by atoms with Gasteiger partial charge in [0.05, 0.1) is 12.2 Å². The van der Waals surface area contributed by atoms with Gasteiger partial charge in [-0.3, -0.25) is 4.68 Å². The Labute approximate surface area is 94.7 Å². The summed E-state index contributed by atoms with van der Waals surface area (Å²) in [4.78, 5) is 3.20. The molecule has 1 saturated heterocycles. The highest BCUT2D eigenvalue weighted by Crippen LogP contribution is 2.20. The van der Waals surface area contributed by atoms with Crippen molar-refractivity contribution in [2.45, 2.75) is 18.9 Å². The van der Waals surface area contributed by atoms with E-state index in [-0.39, 0.29) is 0 Å². The molecule has 0 aliphatic carbocycles. The number of nitrogens with zero attached hydrogens (tertiary/aromatic N) is 2. The van der Waals surface area contributed by atoms with Crippen molar-refractivity contribution in [2.24, 2.45) is 0 Å². The van der Waals surface area contributed by atoms with Crippen molar-refractivity contribution in [3.8, 4) is 11.3 Å². The molecule has 16 heavy (non-hydrogen) atoms. The topological polar surface area (TPSA) is 45.6 Å². The highest BCUT2D eigenvalue weighted by molar-refractivity contribution is 5.56. The minimum absolute atomic E-state index is 0.512. The smallest absolute Gasteiger partial charge is 0.0644 e. The molecule has 4 nitrogen and oxygen atoms in total. The fourth-order valence-corrected chi connectivity index (χ4v) is 2.25. The van der Waals surface area contributed by atoms with Crippen LogP contribution in [-0.4, -0.2) is 27.9 Å². The molecule has 0 aromatic carbocycles. The Morgan fingerprint density at radius 3 is 3.19 bits per heavy atom. The summed E-state index contributed by atoms with van der Waals surface area (Å²) < 4.78 is 2.09. The fraction of sp³-hybridized carbons (Fsp3) is 0.417. The zero-order valence-electron chi connectivity index (χ0n) is 9.19. The van der Waals surface area contributed by atoms with Crippen LogP contribution in [0, 0.1) is 0 Å². The largest absolute Gasteiger partial charge is 0.361 e. The molecule has 0 spiro atoms. The van der Waals surface area contributed by atoms with Gasteiger partial charge in [-0.05, 0) is 31.5 Å². The summed E-state index contributed by atoms with van der Waals surface area (Å²) in [5, 5.41) is 7.86. The molecule has 0 bridgehead atoms.